The van der Waals surface area contributed by atoms with Gasteiger partial charge in [0, 0.05) is 18.5 Å². The molecule has 0 radical (unpaired) electrons. The fourth-order valence-corrected chi connectivity index (χ4v) is 2.80. The van der Waals surface area contributed by atoms with Crippen LogP contribution in [-0.2, 0) is 9.84 Å². The Hall–Kier alpha value is -2.12. The summed E-state index contributed by atoms with van der Waals surface area (Å²) >= 11 is 5.80. The van der Waals surface area contributed by atoms with E-state index in [1.807, 2.05) is 0 Å². The third-order valence-electron chi connectivity index (χ3n) is 2.83. The normalized spacial score (nSPS) is 11.2. The van der Waals surface area contributed by atoms with Gasteiger partial charge in [-0.15, -0.1) is 0 Å². The van der Waals surface area contributed by atoms with Gasteiger partial charge in [-0.3, -0.25) is 4.98 Å². The van der Waals surface area contributed by atoms with Crippen molar-refractivity contribution in [2.45, 2.75) is 11.8 Å². The summed E-state index contributed by atoms with van der Waals surface area (Å²) in [6.45, 7) is 1.55. The monoisotopic (exact) mass is 341 g/mol. The summed E-state index contributed by atoms with van der Waals surface area (Å²) in [5.41, 5.74) is 0.280. The molecule has 0 atom stereocenters. The van der Waals surface area contributed by atoms with Crippen molar-refractivity contribution in [3.63, 3.8) is 0 Å². The van der Waals surface area contributed by atoms with Crippen LogP contribution in [0, 0.1) is 6.92 Å². The van der Waals surface area contributed by atoms with Crippen molar-refractivity contribution in [3.05, 3.63) is 46.7 Å². The van der Waals surface area contributed by atoms with Gasteiger partial charge in [-0.25, -0.2) is 13.2 Å². The highest BCUT2D eigenvalue weighted by molar-refractivity contribution is 7.90. The molecule has 1 heterocycles. The van der Waals surface area contributed by atoms with Gasteiger partial charge in [0.1, 0.15) is 16.4 Å². The maximum absolute atomic E-state index is 11.9. The Bertz CT molecular complexity index is 848. The van der Waals surface area contributed by atoms with E-state index in [1.165, 1.54) is 24.5 Å². The summed E-state index contributed by atoms with van der Waals surface area (Å²) in [5, 5.41) is 9.44. The van der Waals surface area contributed by atoms with Gasteiger partial charge in [0.25, 0.3) is 0 Å². The standard InChI is InChI=1S/C14H12ClNO5S/c1-8-3-12(21-10-4-9(15)6-16-7-10)13(22(2,19)20)5-11(8)14(17)18/h3-7H,1-2H3,(H,17,18). The van der Waals surface area contributed by atoms with Crippen molar-refractivity contribution in [3.8, 4) is 11.5 Å². The van der Waals surface area contributed by atoms with Crippen molar-refractivity contribution in [1.82, 2.24) is 4.98 Å². The number of aromatic carboxylic acids is 1. The molecular weight excluding hydrogens is 330 g/mol. The van der Waals surface area contributed by atoms with Crippen molar-refractivity contribution in [1.29, 1.82) is 0 Å². The van der Waals surface area contributed by atoms with E-state index in [9.17, 15) is 13.2 Å². The minimum absolute atomic E-state index is 0.0223. The van der Waals surface area contributed by atoms with Crippen LogP contribution in [0.2, 0.25) is 5.02 Å². The maximum atomic E-state index is 11.9. The molecule has 1 aromatic heterocycles. The van der Waals surface area contributed by atoms with Gasteiger partial charge in [-0.1, -0.05) is 11.6 Å². The van der Waals surface area contributed by atoms with Gasteiger partial charge in [0.2, 0.25) is 0 Å². The van der Waals surface area contributed by atoms with Crippen molar-refractivity contribution >= 4 is 27.4 Å². The summed E-state index contributed by atoms with van der Waals surface area (Å²) < 4.78 is 29.3. The molecule has 1 N–H and O–H groups in total. The zero-order chi connectivity index (χ0) is 16.5. The van der Waals surface area contributed by atoms with E-state index in [0.29, 0.717) is 10.6 Å². The number of sulfone groups is 1. The van der Waals surface area contributed by atoms with Crippen LogP contribution in [0.3, 0.4) is 0 Å². The first-order valence-electron chi connectivity index (χ1n) is 6.05. The molecular formula is C14H12ClNO5S. The number of rotatable bonds is 4. The minimum atomic E-state index is -3.68. The van der Waals surface area contributed by atoms with Crippen molar-refractivity contribution in [2.24, 2.45) is 0 Å². The minimum Gasteiger partial charge on any atom is -0.478 e. The predicted octanol–water partition coefficient (Wildman–Crippen LogP) is 2.94. The Morgan fingerprint density at radius 3 is 2.50 bits per heavy atom. The van der Waals surface area contributed by atoms with Crippen LogP contribution in [0.25, 0.3) is 0 Å². The van der Waals surface area contributed by atoms with Crippen molar-refractivity contribution < 1.29 is 23.1 Å². The molecule has 1 aromatic carbocycles. The topological polar surface area (TPSA) is 93.6 Å². The lowest BCUT2D eigenvalue weighted by Gasteiger charge is -2.12. The number of carboxylic acid groups (broad SMARTS) is 1. The third kappa shape index (κ3) is 3.55. The Labute approximate surface area is 132 Å². The number of carboxylic acids is 1. The van der Waals surface area contributed by atoms with E-state index in [0.717, 1.165) is 12.3 Å². The fourth-order valence-electron chi connectivity index (χ4n) is 1.84. The molecule has 0 bridgehead atoms. The molecule has 6 nitrogen and oxygen atoms in total. The lowest BCUT2D eigenvalue weighted by atomic mass is 10.1. The molecule has 2 aromatic rings. The number of hydrogen-bond donors (Lipinski definition) is 1. The smallest absolute Gasteiger partial charge is 0.335 e. The lowest BCUT2D eigenvalue weighted by molar-refractivity contribution is 0.0696. The Morgan fingerprint density at radius 2 is 1.95 bits per heavy atom. The van der Waals surface area contributed by atoms with Gasteiger partial charge >= 0.3 is 5.97 Å². The first-order chi connectivity index (χ1) is 10.2. The molecule has 0 unspecified atom stereocenters. The summed E-state index contributed by atoms with van der Waals surface area (Å²) in [7, 11) is -3.68. The number of pyridine rings is 1. The van der Waals surface area contributed by atoms with Gasteiger partial charge < -0.3 is 9.84 Å². The highest BCUT2D eigenvalue weighted by Crippen LogP contribution is 2.32. The first kappa shape index (κ1) is 16.3. The fraction of sp³-hybridized carbons (Fsp3) is 0.143. The summed E-state index contributed by atoms with van der Waals surface area (Å²) in [4.78, 5) is 14.8. The predicted molar refractivity (Wildman–Crippen MR) is 80.6 cm³/mol. The number of aryl methyl sites for hydroxylation is 1. The number of hydrogen-bond acceptors (Lipinski definition) is 5. The van der Waals surface area contributed by atoms with Gasteiger partial charge in [0.05, 0.1) is 16.8 Å². The Morgan fingerprint density at radius 1 is 1.27 bits per heavy atom. The molecule has 22 heavy (non-hydrogen) atoms. The van der Waals surface area contributed by atoms with E-state index >= 15 is 0 Å². The summed E-state index contributed by atoms with van der Waals surface area (Å²) in [5.74, 6) is -0.938. The molecule has 0 aliphatic rings. The number of carbonyl (C=O) groups is 1. The average molecular weight is 342 g/mol. The van der Waals surface area contributed by atoms with Crippen LogP contribution < -0.4 is 4.74 Å². The summed E-state index contributed by atoms with van der Waals surface area (Å²) in [6.07, 6.45) is 3.76. The molecule has 2 rings (SSSR count). The number of nitrogens with zero attached hydrogens (tertiary/aromatic N) is 1. The second kappa shape index (κ2) is 5.94. The average Bonchev–Trinajstić information content (AvgIpc) is 2.36. The Balaban J connectivity index is 2.59. The van der Waals surface area contributed by atoms with Crippen molar-refractivity contribution in [2.75, 3.05) is 6.26 Å². The van der Waals surface area contributed by atoms with Crippen LogP contribution >= 0.6 is 11.6 Å². The molecule has 0 amide bonds. The van der Waals surface area contributed by atoms with Crippen LogP contribution in [0.1, 0.15) is 15.9 Å². The van der Waals surface area contributed by atoms with E-state index in [-0.39, 0.29) is 22.0 Å². The largest absolute Gasteiger partial charge is 0.478 e. The third-order valence-corrected chi connectivity index (χ3v) is 4.15. The van der Waals surface area contributed by atoms with E-state index in [1.54, 1.807) is 6.92 Å². The SMILES string of the molecule is Cc1cc(Oc2cncc(Cl)c2)c(S(C)(=O)=O)cc1C(=O)O. The number of halogens is 1. The quantitative estimate of drug-likeness (QED) is 0.918. The lowest BCUT2D eigenvalue weighted by Crippen LogP contribution is -2.06. The zero-order valence-corrected chi connectivity index (χ0v) is 13.3. The molecule has 0 fully saturated rings. The Kier molecular flexibility index (Phi) is 4.39. The number of ether oxygens (including phenoxy) is 1. The molecule has 8 heteroatoms. The molecule has 116 valence electrons. The van der Waals surface area contributed by atoms with E-state index < -0.39 is 15.8 Å². The second-order valence-corrected chi connectivity index (χ2v) is 7.05. The highest BCUT2D eigenvalue weighted by atomic mass is 35.5. The van der Waals surface area contributed by atoms with Crippen LogP contribution in [0.5, 0.6) is 11.5 Å². The molecule has 0 aliphatic carbocycles. The maximum Gasteiger partial charge on any atom is 0.335 e. The van der Waals surface area contributed by atoms with Crippen LogP contribution in [0.4, 0.5) is 0 Å². The van der Waals surface area contributed by atoms with Gasteiger partial charge in [0.15, 0.2) is 9.84 Å². The summed E-state index contributed by atoms with van der Waals surface area (Å²) in [6, 6.07) is 3.92. The van der Waals surface area contributed by atoms with E-state index in [4.69, 9.17) is 21.4 Å². The van der Waals surface area contributed by atoms with Gasteiger partial charge in [-0.2, -0.15) is 0 Å². The second-order valence-electron chi connectivity index (χ2n) is 4.63. The molecule has 0 saturated heterocycles. The van der Waals surface area contributed by atoms with Crippen LogP contribution in [-0.4, -0.2) is 30.7 Å². The molecule has 0 saturated carbocycles. The first-order valence-corrected chi connectivity index (χ1v) is 8.32. The highest BCUT2D eigenvalue weighted by Gasteiger charge is 2.20. The zero-order valence-electron chi connectivity index (χ0n) is 11.7. The van der Waals surface area contributed by atoms with Crippen LogP contribution in [0.15, 0.2) is 35.5 Å². The number of benzene rings is 1. The number of aromatic nitrogens is 1. The van der Waals surface area contributed by atoms with Gasteiger partial charge in [-0.05, 0) is 24.6 Å². The molecule has 0 spiro atoms. The van der Waals surface area contributed by atoms with E-state index in [2.05, 4.69) is 4.98 Å². The molecule has 0 aliphatic heterocycles.